The molecule has 5 N–H and O–H groups in total. The van der Waals surface area contributed by atoms with Crippen molar-refractivity contribution in [1.82, 2.24) is 0 Å². The van der Waals surface area contributed by atoms with Crippen molar-refractivity contribution in [3.8, 4) is 0 Å². The molecule has 0 heterocycles. The summed E-state index contributed by atoms with van der Waals surface area (Å²) in [7, 11) is 0. The van der Waals surface area contributed by atoms with Gasteiger partial charge in [0.1, 0.15) is 18.3 Å². The second-order valence-corrected chi connectivity index (χ2v) is 6.78. The van der Waals surface area contributed by atoms with Gasteiger partial charge in [0.2, 0.25) is 0 Å². The first kappa shape index (κ1) is 23.3. The Labute approximate surface area is 172 Å². The first-order chi connectivity index (χ1) is 14.1. The number of benzene rings is 2. The largest absolute Gasteiger partial charge is 0.388 e. The van der Waals surface area contributed by atoms with Crippen molar-refractivity contribution in [1.29, 1.82) is 0 Å². The third kappa shape index (κ3) is 6.02. The van der Waals surface area contributed by atoms with Crippen LogP contribution in [-0.2, 0) is 0 Å². The highest BCUT2D eigenvalue weighted by Gasteiger charge is 2.31. The van der Waals surface area contributed by atoms with E-state index in [1.165, 1.54) is 29.3 Å². The topological polar surface area (TPSA) is 172 Å². The number of anilines is 1. The van der Waals surface area contributed by atoms with E-state index < -0.39 is 29.5 Å². The van der Waals surface area contributed by atoms with Crippen LogP contribution in [0.15, 0.2) is 52.8 Å². The van der Waals surface area contributed by atoms with Crippen LogP contribution in [0.2, 0.25) is 0 Å². The van der Waals surface area contributed by atoms with Gasteiger partial charge in [-0.1, -0.05) is 11.3 Å². The maximum absolute atomic E-state index is 10.7. The molecule has 0 radical (unpaired) electrons. The van der Waals surface area contributed by atoms with Crippen LogP contribution in [0.25, 0.3) is 0 Å². The number of aliphatic hydroxyl groups is 5. The Morgan fingerprint density at radius 3 is 2.13 bits per heavy atom. The molecule has 11 heteroatoms. The molecule has 2 aromatic carbocycles. The molecule has 0 aliphatic carbocycles. The molecule has 0 aromatic heterocycles. The normalized spacial score (nSPS) is 14.7. The predicted octanol–water partition coefficient (Wildman–Crippen LogP) is 1.11. The van der Waals surface area contributed by atoms with Gasteiger partial charge in [-0.05, 0) is 49.2 Å². The number of hydrogen-bond donors (Lipinski definition) is 5. The monoisotopic (exact) mass is 420 g/mol. The van der Waals surface area contributed by atoms with E-state index in [2.05, 4.69) is 10.3 Å². The zero-order valence-electron chi connectivity index (χ0n) is 16.4. The van der Waals surface area contributed by atoms with E-state index >= 15 is 0 Å². The minimum Gasteiger partial charge on any atom is -0.388 e. The van der Waals surface area contributed by atoms with Crippen molar-refractivity contribution in [2.45, 2.75) is 38.4 Å². The van der Waals surface area contributed by atoms with Crippen molar-refractivity contribution in [3.63, 3.8) is 0 Å². The van der Waals surface area contributed by atoms with Crippen molar-refractivity contribution in [2.24, 2.45) is 10.3 Å². The van der Waals surface area contributed by atoms with Crippen molar-refractivity contribution in [2.75, 3.05) is 11.6 Å². The van der Waals surface area contributed by atoms with Crippen LogP contribution in [0, 0.1) is 24.0 Å². The molecule has 0 unspecified atom stereocenters. The summed E-state index contributed by atoms with van der Waals surface area (Å²) in [6.07, 6.45) is -7.66. The molecule has 162 valence electrons. The summed E-state index contributed by atoms with van der Waals surface area (Å²) in [6, 6.07) is 10.7. The number of nitro benzene ring substituents is 1. The average Bonchev–Trinajstić information content (AvgIpc) is 2.72. The van der Waals surface area contributed by atoms with Crippen LogP contribution < -0.4 is 5.01 Å². The molecule has 0 saturated carbocycles. The molecular weight excluding hydrogens is 396 g/mol. The summed E-state index contributed by atoms with van der Waals surface area (Å²) < 4.78 is 0. The van der Waals surface area contributed by atoms with Gasteiger partial charge in [0, 0.05) is 12.1 Å². The number of aryl methyl sites for hydroxylation is 2. The van der Waals surface area contributed by atoms with Crippen molar-refractivity contribution >= 4 is 17.1 Å². The summed E-state index contributed by atoms with van der Waals surface area (Å²) in [5.41, 5.74) is 2.69. The van der Waals surface area contributed by atoms with Crippen molar-refractivity contribution < 1.29 is 30.5 Å². The Bertz CT molecular complexity index is 889. The van der Waals surface area contributed by atoms with Gasteiger partial charge in [-0.15, -0.1) is 5.11 Å². The lowest BCUT2D eigenvalue weighted by molar-refractivity contribution is -0.384. The summed E-state index contributed by atoms with van der Waals surface area (Å²) in [5.74, 6) is 0. The average molecular weight is 420 g/mol. The summed E-state index contributed by atoms with van der Waals surface area (Å²) in [6.45, 7) is 3.46. The zero-order chi connectivity index (χ0) is 22.4. The van der Waals surface area contributed by atoms with Gasteiger partial charge < -0.3 is 25.5 Å². The molecule has 2 aromatic rings. The van der Waals surface area contributed by atoms with Crippen molar-refractivity contribution in [3.05, 3.63) is 63.7 Å². The van der Waals surface area contributed by atoms with Crippen LogP contribution in [0.3, 0.4) is 0 Å². The molecule has 0 bridgehead atoms. The second-order valence-electron chi connectivity index (χ2n) is 6.78. The van der Waals surface area contributed by atoms with E-state index in [1.54, 1.807) is 12.1 Å². The number of non-ortho nitro benzene ring substituents is 1. The van der Waals surface area contributed by atoms with Gasteiger partial charge in [-0.2, -0.15) is 0 Å². The Kier molecular flexibility index (Phi) is 7.92. The Balaban J connectivity index is 2.28. The van der Waals surface area contributed by atoms with Gasteiger partial charge in [-0.3, -0.25) is 10.1 Å². The Hall–Kier alpha value is -2.96. The Morgan fingerprint density at radius 1 is 0.967 bits per heavy atom. The van der Waals surface area contributed by atoms with E-state index in [-0.39, 0.29) is 12.2 Å². The minimum absolute atomic E-state index is 0.102. The fraction of sp³-hybridized carbons (Fsp3) is 0.368. The van der Waals surface area contributed by atoms with E-state index in [1.807, 2.05) is 19.9 Å². The molecule has 11 nitrogen and oxygen atoms in total. The number of rotatable bonds is 9. The molecule has 0 spiro atoms. The van der Waals surface area contributed by atoms with Crippen LogP contribution in [0.1, 0.15) is 11.1 Å². The lowest BCUT2D eigenvalue weighted by Gasteiger charge is -2.27. The minimum atomic E-state index is -2.23. The lowest BCUT2D eigenvalue weighted by atomic mass is 10.1. The number of nitrogens with zero attached hydrogens (tertiary/aromatic N) is 4. The molecule has 0 saturated heterocycles. The highest BCUT2D eigenvalue weighted by molar-refractivity contribution is 5.50. The quantitative estimate of drug-likeness (QED) is 0.174. The second kappa shape index (κ2) is 10.2. The van der Waals surface area contributed by atoms with Gasteiger partial charge in [-0.25, -0.2) is 5.01 Å². The van der Waals surface area contributed by atoms with E-state index in [4.69, 9.17) is 10.2 Å². The summed E-state index contributed by atoms with van der Waals surface area (Å²) in [5, 5.41) is 67.8. The molecule has 0 amide bonds. The highest BCUT2D eigenvalue weighted by atomic mass is 16.6. The molecule has 0 aliphatic heterocycles. The number of hydrogen-bond acceptors (Lipinski definition) is 9. The molecule has 2 rings (SSSR count). The van der Waals surface area contributed by atoms with Crippen LogP contribution in [0.4, 0.5) is 17.1 Å². The first-order valence-electron chi connectivity index (χ1n) is 9.01. The molecular formula is C19H24N4O7. The van der Waals surface area contributed by atoms with Gasteiger partial charge >= 0.3 is 0 Å². The smallest absolute Gasteiger partial charge is 0.269 e. The van der Waals surface area contributed by atoms with Crippen LogP contribution in [0.5, 0.6) is 0 Å². The third-order valence-electron chi connectivity index (χ3n) is 4.53. The molecule has 0 aliphatic rings. The fourth-order valence-corrected chi connectivity index (χ4v) is 2.52. The van der Waals surface area contributed by atoms with E-state index in [0.717, 1.165) is 11.1 Å². The number of nitro groups is 1. The zero-order valence-corrected chi connectivity index (χ0v) is 16.4. The molecule has 3 atom stereocenters. The summed E-state index contributed by atoms with van der Waals surface area (Å²) >= 11 is 0. The van der Waals surface area contributed by atoms with Gasteiger partial charge in [0.25, 0.3) is 5.69 Å². The maximum atomic E-state index is 10.7. The highest BCUT2D eigenvalue weighted by Crippen LogP contribution is 2.23. The van der Waals surface area contributed by atoms with Gasteiger partial charge in [0.15, 0.2) is 6.29 Å². The van der Waals surface area contributed by atoms with E-state index in [0.29, 0.717) is 11.4 Å². The first-order valence-corrected chi connectivity index (χ1v) is 9.01. The number of aliphatic hydroxyl groups excluding tert-OH is 4. The van der Waals surface area contributed by atoms with E-state index in [9.17, 15) is 25.4 Å². The lowest BCUT2D eigenvalue weighted by Crippen LogP contribution is -2.48. The predicted molar refractivity (Wildman–Crippen MR) is 107 cm³/mol. The maximum Gasteiger partial charge on any atom is 0.269 e. The molecule has 30 heavy (non-hydrogen) atoms. The van der Waals surface area contributed by atoms with Crippen LogP contribution >= 0.6 is 0 Å². The Morgan fingerprint density at radius 2 is 1.60 bits per heavy atom. The standard InChI is InChI=1S/C19H24N4O7/c1-11-3-6-15(9-12(11)2)22(10-16(24)17(25)18(26)19(27)28)21-20-13-4-7-14(8-5-13)23(29)30/h3-9,16-19,24-28H,10H2,1-2H3/t16-,17+,18+/m0/s1. The SMILES string of the molecule is Cc1ccc(N(C[C@H](O)[C@@H](O)[C@@H](O)C(O)O)N=Nc2ccc([N+](=O)[O-])cc2)cc1C. The molecule has 0 fully saturated rings. The van der Waals surface area contributed by atoms with Gasteiger partial charge in [0.05, 0.1) is 22.8 Å². The summed E-state index contributed by atoms with van der Waals surface area (Å²) in [4.78, 5) is 10.2. The van der Waals surface area contributed by atoms with Crippen LogP contribution in [-0.4, -0.2) is 61.6 Å². The fourth-order valence-electron chi connectivity index (χ4n) is 2.52. The third-order valence-corrected chi connectivity index (χ3v) is 4.53.